The van der Waals surface area contributed by atoms with Crippen molar-refractivity contribution < 1.29 is 14.3 Å². The van der Waals surface area contributed by atoms with Gasteiger partial charge in [0.15, 0.2) is 5.78 Å². The topological polar surface area (TPSA) is 53.1 Å². The Bertz CT molecular complexity index is 621. The number of piperazine rings is 1. The van der Waals surface area contributed by atoms with Crippen LogP contribution in [0.4, 0.5) is 0 Å². The third-order valence-corrected chi connectivity index (χ3v) is 5.55. The van der Waals surface area contributed by atoms with Crippen LogP contribution in [-0.4, -0.2) is 79.6 Å². The highest BCUT2D eigenvalue weighted by atomic mass is 35.5. The zero-order chi connectivity index (χ0) is 18.5. The van der Waals surface area contributed by atoms with Crippen LogP contribution in [0, 0.1) is 5.92 Å². The number of carbonyl (C=O) groups excluding carboxylic acids is 2. The second-order valence-electron chi connectivity index (χ2n) is 6.91. The van der Waals surface area contributed by atoms with E-state index in [4.69, 9.17) is 16.3 Å². The van der Waals surface area contributed by atoms with E-state index in [1.165, 1.54) is 7.11 Å². The van der Waals surface area contributed by atoms with Crippen molar-refractivity contribution in [2.75, 3.05) is 52.9 Å². The van der Waals surface area contributed by atoms with Crippen molar-refractivity contribution >= 4 is 23.4 Å². The maximum Gasteiger partial charge on any atom is 0.319 e. The van der Waals surface area contributed by atoms with Gasteiger partial charge in [-0.1, -0.05) is 11.6 Å². The first kappa shape index (κ1) is 19.3. The highest BCUT2D eigenvalue weighted by Crippen LogP contribution is 2.24. The summed E-state index contributed by atoms with van der Waals surface area (Å²) in [7, 11) is 1.42. The summed E-state index contributed by atoms with van der Waals surface area (Å²) in [5.74, 6) is 0.136. The minimum atomic E-state index is -0.181. The number of hydrogen-bond donors (Lipinski definition) is 0. The van der Waals surface area contributed by atoms with Gasteiger partial charge in [-0.25, -0.2) is 10.0 Å². The van der Waals surface area contributed by atoms with E-state index in [1.807, 2.05) is 12.1 Å². The fourth-order valence-corrected chi connectivity index (χ4v) is 3.81. The first-order valence-corrected chi connectivity index (χ1v) is 9.53. The third kappa shape index (κ3) is 4.82. The van der Waals surface area contributed by atoms with Gasteiger partial charge >= 0.3 is 5.97 Å². The number of carbonyl (C=O) groups is 2. The Morgan fingerprint density at radius 3 is 2.15 bits per heavy atom. The van der Waals surface area contributed by atoms with Crippen LogP contribution in [-0.2, 0) is 9.53 Å². The molecule has 3 rings (SSSR count). The zero-order valence-electron chi connectivity index (χ0n) is 15.2. The SMILES string of the molecule is COC(=O)CN1CCN(N2CCC(C(=O)c3ccc(Cl)cc3)CC2)CC1. The van der Waals surface area contributed by atoms with Crippen molar-refractivity contribution in [3.8, 4) is 0 Å². The lowest BCUT2D eigenvalue weighted by molar-refractivity contribution is -0.143. The van der Waals surface area contributed by atoms with Gasteiger partial charge in [0.1, 0.15) is 0 Å². The number of esters is 1. The Hall–Kier alpha value is -1.47. The lowest BCUT2D eigenvalue weighted by Gasteiger charge is -2.43. The van der Waals surface area contributed by atoms with Crippen molar-refractivity contribution in [2.24, 2.45) is 5.92 Å². The average molecular weight is 380 g/mol. The van der Waals surface area contributed by atoms with Gasteiger partial charge in [0.2, 0.25) is 0 Å². The Morgan fingerprint density at radius 1 is 1.00 bits per heavy atom. The van der Waals surface area contributed by atoms with Crippen LogP contribution in [0.3, 0.4) is 0 Å². The molecule has 6 nitrogen and oxygen atoms in total. The number of nitrogens with zero attached hydrogens (tertiary/aromatic N) is 3. The van der Waals surface area contributed by atoms with Crippen LogP contribution in [0.1, 0.15) is 23.2 Å². The van der Waals surface area contributed by atoms with E-state index in [-0.39, 0.29) is 17.7 Å². The predicted molar refractivity (Wildman–Crippen MR) is 100 cm³/mol. The molecule has 7 heteroatoms. The number of rotatable bonds is 5. The van der Waals surface area contributed by atoms with Crippen LogP contribution in [0.5, 0.6) is 0 Å². The Kier molecular flexibility index (Phi) is 6.64. The van der Waals surface area contributed by atoms with Crippen LogP contribution < -0.4 is 0 Å². The molecular formula is C19H26ClN3O3. The van der Waals surface area contributed by atoms with Gasteiger partial charge in [-0.2, -0.15) is 0 Å². The molecule has 2 heterocycles. The molecule has 26 heavy (non-hydrogen) atoms. The van der Waals surface area contributed by atoms with Crippen molar-refractivity contribution in [3.05, 3.63) is 34.9 Å². The van der Waals surface area contributed by atoms with Crippen molar-refractivity contribution in [3.63, 3.8) is 0 Å². The molecule has 142 valence electrons. The van der Waals surface area contributed by atoms with Crippen LogP contribution >= 0.6 is 11.6 Å². The number of methoxy groups -OCH3 is 1. The molecule has 2 fully saturated rings. The molecule has 0 radical (unpaired) electrons. The van der Waals surface area contributed by atoms with Gasteiger partial charge in [0.25, 0.3) is 0 Å². The zero-order valence-corrected chi connectivity index (χ0v) is 16.0. The smallest absolute Gasteiger partial charge is 0.319 e. The molecule has 0 bridgehead atoms. The Balaban J connectivity index is 1.45. The summed E-state index contributed by atoms with van der Waals surface area (Å²) >= 11 is 5.90. The maximum absolute atomic E-state index is 12.6. The van der Waals surface area contributed by atoms with Crippen molar-refractivity contribution in [1.82, 2.24) is 14.9 Å². The van der Waals surface area contributed by atoms with E-state index < -0.39 is 0 Å². The summed E-state index contributed by atoms with van der Waals surface area (Å²) < 4.78 is 4.73. The van der Waals surface area contributed by atoms with E-state index in [0.29, 0.717) is 11.6 Å². The molecule has 0 saturated carbocycles. The van der Waals surface area contributed by atoms with E-state index in [0.717, 1.165) is 57.7 Å². The van der Waals surface area contributed by atoms with Gasteiger partial charge in [-0.05, 0) is 37.1 Å². The summed E-state index contributed by atoms with van der Waals surface area (Å²) in [6, 6.07) is 7.19. The summed E-state index contributed by atoms with van der Waals surface area (Å²) in [6.07, 6.45) is 1.76. The van der Waals surface area contributed by atoms with Gasteiger partial charge in [-0.15, -0.1) is 0 Å². The summed E-state index contributed by atoms with van der Waals surface area (Å²) in [6.45, 7) is 5.71. The van der Waals surface area contributed by atoms with Crippen LogP contribution in [0.15, 0.2) is 24.3 Å². The Morgan fingerprint density at radius 2 is 1.58 bits per heavy atom. The number of benzene rings is 1. The molecule has 0 aromatic heterocycles. The average Bonchev–Trinajstić information content (AvgIpc) is 2.68. The standard InChI is InChI=1S/C19H26ClN3O3/c1-26-18(24)14-21-10-12-23(13-11-21)22-8-6-16(7-9-22)19(25)15-2-4-17(20)5-3-15/h2-5,16H,6-14H2,1H3. The summed E-state index contributed by atoms with van der Waals surface area (Å²) in [4.78, 5) is 26.1. The van der Waals surface area contributed by atoms with Gasteiger partial charge in [0, 0.05) is 55.8 Å². The minimum Gasteiger partial charge on any atom is -0.468 e. The second kappa shape index (κ2) is 8.95. The number of Topliss-reactive ketones (excluding diaryl/α,β-unsaturated/α-hetero) is 1. The molecule has 2 aliphatic heterocycles. The minimum absolute atomic E-state index is 0.0908. The molecule has 0 amide bonds. The molecule has 1 aromatic carbocycles. The first-order chi connectivity index (χ1) is 12.6. The predicted octanol–water partition coefficient (Wildman–Crippen LogP) is 1.94. The molecule has 0 atom stereocenters. The fraction of sp³-hybridized carbons (Fsp3) is 0.579. The third-order valence-electron chi connectivity index (χ3n) is 5.30. The molecule has 0 N–H and O–H groups in total. The lowest BCUT2D eigenvalue weighted by atomic mass is 9.89. The number of piperidine rings is 1. The molecule has 0 spiro atoms. The monoisotopic (exact) mass is 379 g/mol. The van der Waals surface area contributed by atoms with Crippen molar-refractivity contribution in [2.45, 2.75) is 12.8 Å². The first-order valence-electron chi connectivity index (χ1n) is 9.15. The Labute approximate surface area is 159 Å². The van der Waals surface area contributed by atoms with E-state index in [1.54, 1.807) is 12.1 Å². The number of ketones is 1. The molecule has 2 saturated heterocycles. The van der Waals surface area contributed by atoms with Crippen LogP contribution in [0.25, 0.3) is 0 Å². The highest BCUT2D eigenvalue weighted by Gasteiger charge is 2.30. The highest BCUT2D eigenvalue weighted by molar-refractivity contribution is 6.30. The number of hydrogen-bond acceptors (Lipinski definition) is 6. The molecular weight excluding hydrogens is 354 g/mol. The van der Waals surface area contributed by atoms with Crippen molar-refractivity contribution in [1.29, 1.82) is 0 Å². The molecule has 0 unspecified atom stereocenters. The second-order valence-corrected chi connectivity index (χ2v) is 7.34. The normalized spacial score (nSPS) is 20.8. The number of hydrazine groups is 1. The quantitative estimate of drug-likeness (QED) is 0.575. The molecule has 2 aliphatic rings. The van der Waals surface area contributed by atoms with Gasteiger partial charge < -0.3 is 4.74 Å². The van der Waals surface area contributed by atoms with E-state index in [9.17, 15) is 9.59 Å². The largest absolute Gasteiger partial charge is 0.468 e. The van der Waals surface area contributed by atoms with Gasteiger partial charge in [-0.3, -0.25) is 14.5 Å². The summed E-state index contributed by atoms with van der Waals surface area (Å²) in [5.41, 5.74) is 0.754. The van der Waals surface area contributed by atoms with Crippen LogP contribution in [0.2, 0.25) is 5.02 Å². The summed E-state index contributed by atoms with van der Waals surface area (Å²) in [5, 5.41) is 5.38. The van der Waals surface area contributed by atoms with Gasteiger partial charge in [0.05, 0.1) is 13.7 Å². The lowest BCUT2D eigenvalue weighted by Crippen LogP contribution is -2.56. The maximum atomic E-state index is 12.6. The van der Waals surface area contributed by atoms with E-state index >= 15 is 0 Å². The fourth-order valence-electron chi connectivity index (χ4n) is 3.69. The number of ether oxygens (including phenoxy) is 1. The molecule has 0 aliphatic carbocycles. The number of halogens is 1. The van der Waals surface area contributed by atoms with E-state index in [2.05, 4.69) is 14.9 Å². The molecule has 1 aromatic rings.